The first-order valence-electron chi connectivity index (χ1n) is 9.00. The monoisotopic (exact) mass is 378 g/mol. The summed E-state index contributed by atoms with van der Waals surface area (Å²) in [5.74, 6) is -1.91. The summed E-state index contributed by atoms with van der Waals surface area (Å²) in [6, 6.07) is 16.0. The predicted octanol–water partition coefficient (Wildman–Crippen LogP) is 0.897. The Hall–Kier alpha value is -3.48. The second-order valence-electron chi connectivity index (χ2n) is 6.64. The number of hydrogen-bond acceptors (Lipinski definition) is 5. The number of nitrogens with one attached hydrogen (secondary N) is 1. The minimum Gasteiger partial charge on any atom is -0.543 e. The van der Waals surface area contributed by atoms with Gasteiger partial charge in [0.1, 0.15) is 12.2 Å². The van der Waals surface area contributed by atoms with Gasteiger partial charge in [0, 0.05) is 11.4 Å². The zero-order valence-electron chi connectivity index (χ0n) is 15.4. The van der Waals surface area contributed by atoms with Gasteiger partial charge < -0.3 is 15.2 Å². The van der Waals surface area contributed by atoms with Crippen molar-refractivity contribution < 1.29 is 14.7 Å². The normalized spacial score (nSPS) is 11.9. The summed E-state index contributed by atoms with van der Waals surface area (Å²) in [5, 5.41) is 18.4. The van der Waals surface area contributed by atoms with Gasteiger partial charge in [-0.1, -0.05) is 48.5 Å². The summed E-state index contributed by atoms with van der Waals surface area (Å²) in [4.78, 5) is 36.2. The number of carboxylic acid groups (broad SMARTS) is 1. The van der Waals surface area contributed by atoms with Crippen molar-refractivity contribution in [3.63, 3.8) is 0 Å². The Kier molecular flexibility index (Phi) is 5.84. The summed E-state index contributed by atoms with van der Waals surface area (Å²) >= 11 is 0. The molecule has 0 aliphatic rings. The van der Waals surface area contributed by atoms with Crippen molar-refractivity contribution in [2.24, 2.45) is 0 Å². The Bertz CT molecular complexity index is 1060. The van der Waals surface area contributed by atoms with E-state index in [-0.39, 0.29) is 29.1 Å². The maximum absolute atomic E-state index is 12.5. The Morgan fingerprint density at radius 3 is 2.39 bits per heavy atom. The maximum Gasteiger partial charge on any atom is 0.275 e. The van der Waals surface area contributed by atoms with Gasteiger partial charge in [0.25, 0.3) is 5.56 Å². The van der Waals surface area contributed by atoms with E-state index in [1.54, 1.807) is 12.1 Å². The molecule has 1 atom stereocenters. The van der Waals surface area contributed by atoms with E-state index in [4.69, 9.17) is 0 Å². The van der Waals surface area contributed by atoms with Gasteiger partial charge in [-0.25, -0.2) is 4.68 Å². The van der Waals surface area contributed by atoms with Crippen LogP contribution in [0.5, 0.6) is 0 Å². The highest BCUT2D eigenvalue weighted by Crippen LogP contribution is 2.12. The first-order chi connectivity index (χ1) is 13.5. The molecule has 0 unspecified atom stereocenters. The van der Waals surface area contributed by atoms with Crippen molar-refractivity contribution in [2.75, 3.05) is 0 Å². The van der Waals surface area contributed by atoms with Crippen LogP contribution in [0.15, 0.2) is 59.4 Å². The molecule has 0 aliphatic heterocycles. The number of benzene rings is 2. The topological polar surface area (TPSA) is 104 Å². The molecule has 3 rings (SSSR count). The molecule has 1 N–H and O–H groups in total. The SMILES string of the molecule is C[C@H](CCc1ccccc1)NC(=O)Cn1nc(C(=O)[O-])c2ccccc2c1=O. The van der Waals surface area contributed by atoms with Gasteiger partial charge in [-0.05, 0) is 31.4 Å². The number of carbonyl (C=O) groups is 2. The molecule has 3 aromatic rings. The highest BCUT2D eigenvalue weighted by molar-refractivity contribution is 6.00. The minimum absolute atomic E-state index is 0.107. The van der Waals surface area contributed by atoms with Crippen LogP contribution in [-0.2, 0) is 17.8 Å². The summed E-state index contributed by atoms with van der Waals surface area (Å²) in [7, 11) is 0. The third-order valence-corrected chi connectivity index (χ3v) is 4.47. The van der Waals surface area contributed by atoms with Crippen molar-refractivity contribution in [3.05, 3.63) is 76.2 Å². The van der Waals surface area contributed by atoms with Crippen LogP contribution in [0.2, 0.25) is 0 Å². The molecule has 7 nitrogen and oxygen atoms in total. The Balaban J connectivity index is 1.71. The standard InChI is InChI=1S/C21H21N3O4/c1-14(11-12-15-7-3-2-4-8-15)22-18(25)13-24-20(26)17-10-6-5-9-16(17)19(23-24)21(27)28/h2-10,14H,11-13H2,1H3,(H,22,25)(H,27,28)/p-1/t14-/m1/s1. The third kappa shape index (κ3) is 4.43. The maximum atomic E-state index is 12.5. The molecule has 0 saturated heterocycles. The van der Waals surface area contributed by atoms with Crippen LogP contribution in [0.1, 0.15) is 29.4 Å². The van der Waals surface area contributed by atoms with E-state index in [1.165, 1.54) is 17.7 Å². The smallest absolute Gasteiger partial charge is 0.275 e. The van der Waals surface area contributed by atoms with E-state index >= 15 is 0 Å². The number of amides is 1. The molecule has 7 heteroatoms. The van der Waals surface area contributed by atoms with Gasteiger partial charge in [0.15, 0.2) is 0 Å². The average molecular weight is 378 g/mol. The van der Waals surface area contributed by atoms with Crippen molar-refractivity contribution in [2.45, 2.75) is 32.4 Å². The second kappa shape index (κ2) is 8.47. The Labute approximate surface area is 161 Å². The zero-order chi connectivity index (χ0) is 20.1. The molecule has 1 heterocycles. The number of aromatic nitrogens is 2. The van der Waals surface area contributed by atoms with Crippen LogP contribution < -0.4 is 16.0 Å². The molecule has 1 aromatic heterocycles. The third-order valence-electron chi connectivity index (χ3n) is 4.47. The molecule has 0 spiro atoms. The van der Waals surface area contributed by atoms with Gasteiger partial charge in [-0.2, -0.15) is 5.10 Å². The number of nitrogens with zero attached hydrogens (tertiary/aromatic N) is 2. The lowest BCUT2D eigenvalue weighted by atomic mass is 10.1. The number of fused-ring (bicyclic) bond motifs is 1. The molecule has 0 fully saturated rings. The molecular weight excluding hydrogens is 358 g/mol. The van der Waals surface area contributed by atoms with Gasteiger partial charge in [0.2, 0.25) is 5.91 Å². The average Bonchev–Trinajstić information content (AvgIpc) is 2.69. The quantitative estimate of drug-likeness (QED) is 0.658. The van der Waals surface area contributed by atoms with E-state index < -0.39 is 17.4 Å². The molecule has 144 valence electrons. The predicted molar refractivity (Wildman–Crippen MR) is 103 cm³/mol. The molecule has 0 radical (unpaired) electrons. The van der Waals surface area contributed by atoms with Crippen LogP contribution >= 0.6 is 0 Å². The van der Waals surface area contributed by atoms with Gasteiger partial charge in [-0.3, -0.25) is 9.59 Å². The molecule has 0 bridgehead atoms. The number of aryl methyl sites for hydroxylation is 1. The van der Waals surface area contributed by atoms with Crippen molar-refractivity contribution in [1.82, 2.24) is 15.1 Å². The molecule has 0 aliphatic carbocycles. The van der Waals surface area contributed by atoms with E-state index in [2.05, 4.69) is 10.4 Å². The van der Waals surface area contributed by atoms with E-state index in [0.717, 1.165) is 17.5 Å². The number of rotatable bonds is 7. The largest absolute Gasteiger partial charge is 0.543 e. The highest BCUT2D eigenvalue weighted by atomic mass is 16.4. The molecule has 28 heavy (non-hydrogen) atoms. The Morgan fingerprint density at radius 1 is 1.07 bits per heavy atom. The van der Waals surface area contributed by atoms with Crippen LogP contribution in [0, 0.1) is 0 Å². The van der Waals surface area contributed by atoms with Crippen molar-refractivity contribution in [3.8, 4) is 0 Å². The lowest BCUT2D eigenvalue weighted by molar-refractivity contribution is -0.255. The van der Waals surface area contributed by atoms with E-state index in [1.807, 2.05) is 37.3 Å². The van der Waals surface area contributed by atoms with Crippen LogP contribution in [0.4, 0.5) is 0 Å². The first kappa shape index (κ1) is 19.3. The second-order valence-corrected chi connectivity index (χ2v) is 6.64. The fraction of sp³-hybridized carbons (Fsp3) is 0.238. The Morgan fingerprint density at radius 2 is 1.71 bits per heavy atom. The minimum atomic E-state index is -1.50. The van der Waals surface area contributed by atoms with Gasteiger partial charge >= 0.3 is 0 Å². The molecular formula is C21H20N3O4-. The zero-order valence-corrected chi connectivity index (χ0v) is 15.4. The number of carbonyl (C=O) groups excluding carboxylic acids is 2. The van der Waals surface area contributed by atoms with Crippen LogP contribution in [0.25, 0.3) is 10.8 Å². The van der Waals surface area contributed by atoms with Crippen molar-refractivity contribution >= 4 is 22.6 Å². The number of aromatic carboxylic acids is 1. The lowest BCUT2D eigenvalue weighted by Crippen LogP contribution is -2.39. The molecule has 1 amide bonds. The number of hydrogen-bond donors (Lipinski definition) is 1. The van der Waals surface area contributed by atoms with E-state index in [9.17, 15) is 19.5 Å². The highest BCUT2D eigenvalue weighted by Gasteiger charge is 2.14. The summed E-state index contributed by atoms with van der Waals surface area (Å²) in [6.07, 6.45) is 1.55. The van der Waals surface area contributed by atoms with Crippen LogP contribution in [0.3, 0.4) is 0 Å². The fourth-order valence-corrected chi connectivity index (χ4v) is 3.05. The molecule has 2 aromatic carbocycles. The van der Waals surface area contributed by atoms with Gasteiger partial charge in [0.05, 0.1) is 11.4 Å². The van der Waals surface area contributed by atoms with E-state index in [0.29, 0.717) is 0 Å². The first-order valence-corrected chi connectivity index (χ1v) is 9.00. The summed E-state index contributed by atoms with van der Waals surface area (Å²) in [5.41, 5.74) is 0.294. The van der Waals surface area contributed by atoms with Crippen LogP contribution in [-0.4, -0.2) is 27.7 Å². The fourth-order valence-electron chi connectivity index (χ4n) is 3.05. The number of carboxylic acids is 1. The van der Waals surface area contributed by atoms with Gasteiger partial charge in [-0.15, -0.1) is 0 Å². The molecule has 0 saturated carbocycles. The lowest BCUT2D eigenvalue weighted by Gasteiger charge is -2.15. The summed E-state index contributed by atoms with van der Waals surface area (Å²) < 4.78 is 0.868. The van der Waals surface area contributed by atoms with Crippen molar-refractivity contribution in [1.29, 1.82) is 0 Å². The summed E-state index contributed by atoms with van der Waals surface area (Å²) in [6.45, 7) is 1.52.